The maximum atomic E-state index is 11.8. The Bertz CT molecular complexity index is 460. The van der Waals surface area contributed by atoms with E-state index in [2.05, 4.69) is 11.9 Å². The topological polar surface area (TPSA) is 73.6 Å². The molecular weight excluding hydrogens is 256 g/mol. The van der Waals surface area contributed by atoms with Crippen LogP contribution >= 0.6 is 0 Å². The molecule has 20 heavy (non-hydrogen) atoms. The lowest BCUT2D eigenvalue weighted by molar-refractivity contribution is -0.117. The lowest BCUT2D eigenvalue weighted by atomic mass is 10.2. The van der Waals surface area contributed by atoms with Crippen molar-refractivity contribution >= 4 is 11.6 Å². The van der Waals surface area contributed by atoms with Gasteiger partial charge in [-0.3, -0.25) is 4.79 Å². The average molecular weight is 278 g/mol. The second-order valence-corrected chi connectivity index (χ2v) is 4.15. The molecule has 1 aromatic rings. The highest BCUT2D eigenvalue weighted by atomic mass is 16.5. The molecule has 0 radical (unpaired) electrons. The molecule has 0 bridgehead atoms. The molecule has 0 spiro atoms. The molecular formula is C15H22N2O3. The van der Waals surface area contributed by atoms with E-state index < -0.39 is 6.04 Å². The molecule has 0 saturated carbocycles. The minimum atomic E-state index is -0.602. The molecule has 0 aliphatic carbocycles. The van der Waals surface area contributed by atoms with Crippen LogP contribution in [0.2, 0.25) is 0 Å². The smallest absolute Gasteiger partial charge is 0.241 e. The lowest BCUT2D eigenvalue weighted by Gasteiger charge is -2.14. The van der Waals surface area contributed by atoms with Crippen LogP contribution in [0.4, 0.5) is 5.69 Å². The monoisotopic (exact) mass is 278 g/mol. The van der Waals surface area contributed by atoms with Crippen molar-refractivity contribution in [1.29, 1.82) is 0 Å². The normalized spacial score (nSPS) is 11.6. The SMILES string of the molecule is C=CCC(N)C(=O)Nc1ccc(OCC)c(OCC)c1. The summed E-state index contributed by atoms with van der Waals surface area (Å²) < 4.78 is 11.0. The highest BCUT2D eigenvalue weighted by Crippen LogP contribution is 2.30. The summed E-state index contributed by atoms with van der Waals surface area (Å²) in [4.78, 5) is 11.8. The first-order chi connectivity index (χ1) is 9.62. The maximum absolute atomic E-state index is 11.8. The summed E-state index contributed by atoms with van der Waals surface area (Å²) in [7, 11) is 0. The van der Waals surface area contributed by atoms with Gasteiger partial charge in [0.2, 0.25) is 5.91 Å². The van der Waals surface area contributed by atoms with Crippen LogP contribution in [0.15, 0.2) is 30.9 Å². The Balaban J connectivity index is 2.83. The van der Waals surface area contributed by atoms with Crippen LogP contribution in [0.25, 0.3) is 0 Å². The molecule has 0 aromatic heterocycles. The van der Waals surface area contributed by atoms with Gasteiger partial charge in [-0.15, -0.1) is 6.58 Å². The van der Waals surface area contributed by atoms with Crippen molar-refractivity contribution in [2.75, 3.05) is 18.5 Å². The van der Waals surface area contributed by atoms with E-state index in [0.717, 1.165) is 0 Å². The van der Waals surface area contributed by atoms with Crippen molar-refractivity contribution in [2.24, 2.45) is 5.73 Å². The summed E-state index contributed by atoms with van der Waals surface area (Å²) in [5.41, 5.74) is 6.34. The van der Waals surface area contributed by atoms with E-state index in [1.807, 2.05) is 13.8 Å². The highest BCUT2D eigenvalue weighted by Gasteiger charge is 2.13. The fraction of sp³-hybridized carbons (Fsp3) is 0.400. The Morgan fingerprint density at radius 3 is 2.60 bits per heavy atom. The summed E-state index contributed by atoms with van der Waals surface area (Å²) in [6, 6.07) is 4.65. The van der Waals surface area contributed by atoms with Crippen LogP contribution in [0, 0.1) is 0 Å². The van der Waals surface area contributed by atoms with E-state index in [-0.39, 0.29) is 5.91 Å². The van der Waals surface area contributed by atoms with Gasteiger partial charge >= 0.3 is 0 Å². The van der Waals surface area contributed by atoms with E-state index >= 15 is 0 Å². The molecule has 5 nitrogen and oxygen atoms in total. The van der Waals surface area contributed by atoms with Crippen molar-refractivity contribution in [3.8, 4) is 11.5 Å². The number of carbonyl (C=O) groups is 1. The largest absolute Gasteiger partial charge is 0.490 e. The van der Waals surface area contributed by atoms with Crippen LogP contribution in [-0.4, -0.2) is 25.2 Å². The zero-order valence-electron chi connectivity index (χ0n) is 12.0. The molecule has 1 atom stereocenters. The molecule has 1 amide bonds. The zero-order valence-corrected chi connectivity index (χ0v) is 12.0. The second-order valence-electron chi connectivity index (χ2n) is 4.15. The first kappa shape index (κ1) is 16.0. The van der Waals surface area contributed by atoms with Gasteiger partial charge in [0.15, 0.2) is 11.5 Å². The van der Waals surface area contributed by atoms with Crippen molar-refractivity contribution < 1.29 is 14.3 Å². The summed E-state index contributed by atoms with van der Waals surface area (Å²) in [6.45, 7) is 8.43. The standard InChI is InChI=1S/C15H22N2O3/c1-4-7-12(16)15(18)17-11-8-9-13(19-5-2)14(10-11)20-6-3/h4,8-10,12H,1,5-7,16H2,2-3H3,(H,17,18). The van der Waals surface area contributed by atoms with Gasteiger partial charge < -0.3 is 20.5 Å². The molecule has 5 heteroatoms. The second kappa shape index (κ2) is 8.22. The van der Waals surface area contributed by atoms with E-state index in [1.54, 1.807) is 24.3 Å². The third-order valence-electron chi connectivity index (χ3n) is 2.57. The molecule has 1 unspecified atom stereocenters. The Labute approximate surface area is 119 Å². The van der Waals surface area contributed by atoms with Crippen LogP contribution in [-0.2, 0) is 4.79 Å². The Hall–Kier alpha value is -2.01. The number of rotatable bonds is 8. The predicted molar refractivity (Wildman–Crippen MR) is 80.2 cm³/mol. The third kappa shape index (κ3) is 4.59. The fourth-order valence-corrected chi connectivity index (χ4v) is 1.65. The number of amides is 1. The van der Waals surface area contributed by atoms with E-state index in [1.165, 1.54) is 0 Å². The van der Waals surface area contributed by atoms with Crippen molar-refractivity contribution in [2.45, 2.75) is 26.3 Å². The first-order valence-electron chi connectivity index (χ1n) is 6.69. The van der Waals surface area contributed by atoms with Gasteiger partial charge in [0, 0.05) is 11.8 Å². The zero-order chi connectivity index (χ0) is 15.0. The van der Waals surface area contributed by atoms with Crippen LogP contribution in [0.1, 0.15) is 20.3 Å². The maximum Gasteiger partial charge on any atom is 0.241 e. The molecule has 0 saturated heterocycles. The molecule has 3 N–H and O–H groups in total. The van der Waals surface area contributed by atoms with Gasteiger partial charge in [-0.25, -0.2) is 0 Å². The Morgan fingerprint density at radius 2 is 2.00 bits per heavy atom. The van der Waals surface area contributed by atoms with Crippen LogP contribution < -0.4 is 20.5 Å². The number of carbonyl (C=O) groups excluding carboxylic acids is 1. The summed E-state index contributed by atoms with van der Waals surface area (Å²) in [6.07, 6.45) is 2.05. The Kier molecular flexibility index (Phi) is 6.59. The fourth-order valence-electron chi connectivity index (χ4n) is 1.65. The van der Waals surface area contributed by atoms with Crippen molar-refractivity contribution in [3.63, 3.8) is 0 Å². The molecule has 0 aliphatic heterocycles. The minimum absolute atomic E-state index is 0.253. The number of hydrogen-bond donors (Lipinski definition) is 2. The minimum Gasteiger partial charge on any atom is -0.490 e. The average Bonchev–Trinajstić information content (AvgIpc) is 2.42. The lowest BCUT2D eigenvalue weighted by Crippen LogP contribution is -2.35. The van der Waals surface area contributed by atoms with Crippen LogP contribution in [0.5, 0.6) is 11.5 Å². The van der Waals surface area contributed by atoms with Gasteiger partial charge in [0.05, 0.1) is 19.3 Å². The quantitative estimate of drug-likeness (QED) is 0.716. The molecule has 1 aromatic carbocycles. The van der Waals surface area contributed by atoms with E-state index in [4.69, 9.17) is 15.2 Å². The first-order valence-corrected chi connectivity index (χ1v) is 6.69. The molecule has 110 valence electrons. The number of nitrogens with two attached hydrogens (primary N) is 1. The molecule has 0 aliphatic rings. The van der Waals surface area contributed by atoms with Crippen molar-refractivity contribution in [3.05, 3.63) is 30.9 Å². The third-order valence-corrected chi connectivity index (χ3v) is 2.57. The predicted octanol–water partition coefficient (Wildman–Crippen LogP) is 2.33. The molecule has 1 rings (SSSR count). The summed E-state index contributed by atoms with van der Waals surface area (Å²) >= 11 is 0. The van der Waals surface area contributed by atoms with E-state index in [9.17, 15) is 4.79 Å². The van der Waals surface area contributed by atoms with Gasteiger partial charge in [0.25, 0.3) is 0 Å². The van der Waals surface area contributed by atoms with Gasteiger partial charge in [-0.1, -0.05) is 6.08 Å². The molecule has 0 fully saturated rings. The van der Waals surface area contributed by atoms with Gasteiger partial charge in [0.1, 0.15) is 0 Å². The Morgan fingerprint density at radius 1 is 1.35 bits per heavy atom. The van der Waals surface area contributed by atoms with Gasteiger partial charge in [-0.2, -0.15) is 0 Å². The highest BCUT2D eigenvalue weighted by molar-refractivity contribution is 5.95. The van der Waals surface area contributed by atoms with Crippen LogP contribution in [0.3, 0.4) is 0 Å². The van der Waals surface area contributed by atoms with Gasteiger partial charge in [-0.05, 0) is 32.4 Å². The molecule has 0 heterocycles. The number of hydrogen-bond acceptors (Lipinski definition) is 4. The van der Waals surface area contributed by atoms with Crippen molar-refractivity contribution in [1.82, 2.24) is 0 Å². The summed E-state index contributed by atoms with van der Waals surface area (Å²) in [5.74, 6) is 1.00. The number of ether oxygens (including phenoxy) is 2. The number of nitrogens with one attached hydrogen (secondary N) is 1. The number of benzene rings is 1. The summed E-state index contributed by atoms with van der Waals surface area (Å²) in [5, 5.41) is 2.75. The number of anilines is 1. The van der Waals surface area contributed by atoms with E-state index in [0.29, 0.717) is 36.8 Å².